The Labute approximate surface area is 446 Å². The van der Waals surface area contributed by atoms with E-state index in [4.69, 9.17) is 28.4 Å². The van der Waals surface area contributed by atoms with Crippen LogP contribution in [-0.4, -0.2) is 186 Å². The SMILES string of the molecule is CC[C@H]1OC(=O)[C@H](C)[C@@H](O[C@H]2C[C@@](C)(OC)[C@@H](O)[C@H](C)O2)[C@H](C)[C@@H](O[C@@H]2C[C@H](C)C[C@H](N(C)CCc3cn(CCCOc4ccc(-c5ccc(C)nc5)cc4)nn3)[C@H]2O)[C@](C)(O)C[C@@H](C)CN(C)[C@H](C)[C@@H](O)[C@]1(C)O. The zero-order chi connectivity index (χ0) is 55.2. The summed E-state index contributed by atoms with van der Waals surface area (Å²) in [5, 5.41) is 68.8. The van der Waals surface area contributed by atoms with E-state index in [1.54, 1.807) is 34.6 Å². The van der Waals surface area contributed by atoms with Crippen LogP contribution in [0.5, 0.6) is 5.75 Å². The van der Waals surface area contributed by atoms with Crippen LogP contribution in [0.3, 0.4) is 0 Å². The summed E-state index contributed by atoms with van der Waals surface area (Å²) in [7, 11) is 5.39. The van der Waals surface area contributed by atoms with E-state index in [1.807, 2.05) is 94.1 Å². The molecule has 5 N–H and O–H groups in total. The molecule has 0 unspecified atom stereocenters. The van der Waals surface area contributed by atoms with Gasteiger partial charge in [-0.3, -0.25) is 14.5 Å². The molecule has 2 aliphatic heterocycles. The number of ether oxygens (including phenoxy) is 6. The fourth-order valence-electron chi connectivity index (χ4n) is 12.0. The molecule has 0 spiro atoms. The highest BCUT2D eigenvalue weighted by Gasteiger charge is 2.52. The normalized spacial score (nSPS) is 37.9. The Bertz CT molecular complexity index is 2230. The number of aryl methyl sites for hydroxylation is 2. The van der Waals surface area contributed by atoms with Crippen LogP contribution < -0.4 is 4.74 Å². The van der Waals surface area contributed by atoms with Crippen molar-refractivity contribution in [2.45, 2.75) is 212 Å². The van der Waals surface area contributed by atoms with Crippen molar-refractivity contribution in [3.8, 4) is 16.9 Å². The molecule has 4 heterocycles. The summed E-state index contributed by atoms with van der Waals surface area (Å²) in [5.41, 5.74) is -0.448. The lowest BCUT2D eigenvalue weighted by Crippen LogP contribution is -2.60. The molecule has 18 nitrogen and oxygen atoms in total. The molecule has 2 saturated heterocycles. The van der Waals surface area contributed by atoms with Gasteiger partial charge in [0.1, 0.15) is 29.7 Å². The lowest BCUT2D eigenvalue weighted by Gasteiger charge is -2.49. The summed E-state index contributed by atoms with van der Waals surface area (Å²) in [6.07, 6.45) is -1.60. The summed E-state index contributed by atoms with van der Waals surface area (Å²) < 4.78 is 40.1. The van der Waals surface area contributed by atoms with Crippen LogP contribution in [0.4, 0.5) is 0 Å². The van der Waals surface area contributed by atoms with E-state index in [0.29, 0.717) is 39.1 Å². The monoisotopic (exact) mass is 1050 g/mol. The lowest BCUT2D eigenvalue weighted by atomic mass is 9.76. The third-order valence-electron chi connectivity index (χ3n) is 16.8. The lowest BCUT2D eigenvalue weighted by molar-refractivity contribution is -0.302. The first-order valence-corrected chi connectivity index (χ1v) is 27.4. The highest BCUT2D eigenvalue weighted by molar-refractivity contribution is 5.73. The van der Waals surface area contributed by atoms with Crippen LogP contribution in [0.1, 0.15) is 119 Å². The van der Waals surface area contributed by atoms with E-state index in [2.05, 4.69) is 33.2 Å². The number of likely N-dealkylation sites (N-methyl/N-ethyl adjacent to an activating group) is 2. The van der Waals surface area contributed by atoms with Crippen LogP contribution in [0.15, 0.2) is 48.8 Å². The van der Waals surface area contributed by atoms with E-state index >= 15 is 0 Å². The number of hydrogen-bond acceptors (Lipinski definition) is 17. The van der Waals surface area contributed by atoms with Crippen molar-refractivity contribution >= 4 is 5.97 Å². The van der Waals surface area contributed by atoms with Crippen molar-refractivity contribution < 1.29 is 58.7 Å². The van der Waals surface area contributed by atoms with Crippen LogP contribution in [0.25, 0.3) is 11.1 Å². The zero-order valence-corrected chi connectivity index (χ0v) is 47.3. The number of benzene rings is 1. The number of aromatic nitrogens is 4. The predicted octanol–water partition coefficient (Wildman–Crippen LogP) is 5.61. The van der Waals surface area contributed by atoms with Gasteiger partial charge in [-0.2, -0.15) is 0 Å². The van der Waals surface area contributed by atoms with Crippen molar-refractivity contribution in [2.24, 2.45) is 23.7 Å². The summed E-state index contributed by atoms with van der Waals surface area (Å²) in [6, 6.07) is 11.2. The van der Waals surface area contributed by atoms with Gasteiger partial charge in [0.25, 0.3) is 0 Å². The Morgan fingerprint density at radius 1 is 0.907 bits per heavy atom. The average molecular weight is 1050 g/mol. The van der Waals surface area contributed by atoms with Gasteiger partial charge in [0, 0.05) is 87.7 Å². The Morgan fingerprint density at radius 2 is 1.60 bits per heavy atom. The number of aliphatic hydroxyl groups is 5. The largest absolute Gasteiger partial charge is 0.494 e. The third kappa shape index (κ3) is 14.9. The molecule has 2 aromatic heterocycles. The highest BCUT2D eigenvalue weighted by atomic mass is 16.7. The maximum Gasteiger partial charge on any atom is 0.311 e. The summed E-state index contributed by atoms with van der Waals surface area (Å²) in [4.78, 5) is 23.0. The maximum atomic E-state index is 14.5. The molecular weight excluding hydrogens is 961 g/mol. The van der Waals surface area contributed by atoms with Gasteiger partial charge >= 0.3 is 5.97 Å². The minimum Gasteiger partial charge on any atom is -0.494 e. The van der Waals surface area contributed by atoms with Crippen molar-refractivity contribution in [2.75, 3.05) is 40.9 Å². The molecule has 75 heavy (non-hydrogen) atoms. The first-order chi connectivity index (χ1) is 35.3. The number of methoxy groups -OCH3 is 1. The standard InChI is InChI=1S/C57H92N6O12/c1-15-47-57(11,69)51(65)39(7)62(13)32-35(3)29-55(9,68)53(37(5)50(38(6)54(67)74-47)75-48-30-56(10,70-14)52(66)40(8)72-48)73-46-28-34(2)27-45(49(46)64)61(12)25-23-43-33-63(60-59-43)24-16-26-71-44-21-19-41(20-22-44)42-18-17-36(4)58-31-42/h17-22,31,33-35,37-40,45-53,64-66,68-69H,15-16,23-30,32H2,1-14H3/t34-,35-,37+,38-,39-,40+,45+,46-,47-,48+,49-,50+,51-,52+,53-,55-,56-,57-/m1/s1. The molecule has 1 aromatic carbocycles. The fraction of sp³-hybridized carbons (Fsp3) is 0.754. The molecule has 1 saturated carbocycles. The van der Waals surface area contributed by atoms with E-state index in [0.717, 1.165) is 41.1 Å². The first kappa shape index (κ1) is 60.6. The maximum absolute atomic E-state index is 14.5. The number of hydrogen-bond donors (Lipinski definition) is 5. The van der Waals surface area contributed by atoms with Gasteiger partial charge in [-0.25, -0.2) is 0 Å². The quantitative estimate of drug-likeness (QED) is 0.0869. The molecule has 6 rings (SSSR count). The highest BCUT2D eigenvalue weighted by Crippen LogP contribution is 2.41. The molecule has 3 aromatic rings. The molecular formula is C57H92N6O12. The second-order valence-corrected chi connectivity index (χ2v) is 23.4. The molecule has 18 heteroatoms. The van der Waals surface area contributed by atoms with Crippen molar-refractivity contribution in [3.05, 3.63) is 60.2 Å². The number of nitrogens with zero attached hydrogens (tertiary/aromatic N) is 6. The number of rotatable bonds is 16. The molecule has 0 bridgehead atoms. The number of carbonyl (C=O) groups is 1. The Kier molecular flexibility index (Phi) is 20.9. The number of aliphatic hydroxyl groups excluding tert-OH is 3. The van der Waals surface area contributed by atoms with Crippen molar-refractivity contribution in [3.63, 3.8) is 0 Å². The minimum atomic E-state index is -1.82. The molecule has 0 amide bonds. The van der Waals surface area contributed by atoms with Gasteiger partial charge < -0.3 is 63.8 Å². The van der Waals surface area contributed by atoms with E-state index < -0.39 is 95.8 Å². The van der Waals surface area contributed by atoms with Gasteiger partial charge in [0.15, 0.2) is 6.29 Å². The molecule has 3 aliphatic rings. The van der Waals surface area contributed by atoms with Gasteiger partial charge in [0.05, 0.1) is 59.9 Å². The van der Waals surface area contributed by atoms with Gasteiger partial charge in [-0.15, -0.1) is 5.10 Å². The summed E-state index contributed by atoms with van der Waals surface area (Å²) in [6.45, 7) is 22.3. The smallest absolute Gasteiger partial charge is 0.311 e. The molecule has 1 aliphatic carbocycles. The first-order valence-electron chi connectivity index (χ1n) is 27.4. The van der Waals surface area contributed by atoms with Crippen LogP contribution in [0, 0.1) is 30.6 Å². The Balaban J connectivity index is 1.17. The topological polar surface area (TPSA) is 224 Å². The predicted molar refractivity (Wildman–Crippen MR) is 285 cm³/mol. The van der Waals surface area contributed by atoms with Crippen LogP contribution in [0.2, 0.25) is 0 Å². The van der Waals surface area contributed by atoms with E-state index in [-0.39, 0.29) is 37.1 Å². The number of carbonyl (C=O) groups excluding carboxylic acids is 1. The molecule has 422 valence electrons. The summed E-state index contributed by atoms with van der Waals surface area (Å²) in [5.74, 6) is -1.63. The Hall–Kier alpha value is -3.66. The van der Waals surface area contributed by atoms with Crippen molar-refractivity contribution in [1.82, 2.24) is 29.8 Å². The molecule has 18 atom stereocenters. The van der Waals surface area contributed by atoms with Gasteiger partial charge in [0.2, 0.25) is 0 Å². The van der Waals surface area contributed by atoms with Crippen molar-refractivity contribution in [1.29, 1.82) is 0 Å². The number of cyclic esters (lactones) is 1. The van der Waals surface area contributed by atoms with Crippen LogP contribution in [-0.2, 0) is 41.4 Å². The number of esters is 1. The minimum absolute atomic E-state index is 0.129. The molecule has 3 fully saturated rings. The van der Waals surface area contributed by atoms with Crippen LogP contribution >= 0.6 is 0 Å². The third-order valence-corrected chi connectivity index (χ3v) is 16.8. The van der Waals surface area contributed by atoms with E-state index in [1.165, 1.54) is 14.0 Å². The fourth-order valence-corrected chi connectivity index (χ4v) is 12.0. The van der Waals surface area contributed by atoms with E-state index in [9.17, 15) is 30.3 Å². The van der Waals surface area contributed by atoms with Gasteiger partial charge in [-0.1, -0.05) is 51.1 Å². The second kappa shape index (κ2) is 25.9. The number of pyridine rings is 1. The zero-order valence-electron chi connectivity index (χ0n) is 47.3. The summed E-state index contributed by atoms with van der Waals surface area (Å²) >= 11 is 0. The average Bonchev–Trinajstić information content (AvgIpc) is 3.83. The molecule has 0 radical (unpaired) electrons. The van der Waals surface area contributed by atoms with Gasteiger partial charge in [-0.05, 0) is 124 Å². The second-order valence-electron chi connectivity index (χ2n) is 23.4. The Morgan fingerprint density at radius 3 is 2.25 bits per heavy atom.